The fourth-order valence-electron chi connectivity index (χ4n) is 1.63. The molecule has 0 bridgehead atoms. The van der Waals surface area contributed by atoms with Crippen LogP contribution in [0, 0.1) is 0 Å². The summed E-state index contributed by atoms with van der Waals surface area (Å²) in [5.74, 6) is -2.98. The van der Waals surface area contributed by atoms with E-state index in [1.807, 2.05) is 0 Å². The van der Waals surface area contributed by atoms with Crippen LogP contribution in [-0.2, 0) is 10.5 Å². The Labute approximate surface area is 99.3 Å². The van der Waals surface area contributed by atoms with Crippen molar-refractivity contribution in [2.24, 2.45) is 0 Å². The van der Waals surface area contributed by atoms with E-state index in [1.54, 1.807) is 6.92 Å². The molecule has 0 unspecified atom stereocenters. The maximum absolute atomic E-state index is 11.5. The molecule has 0 spiro atoms. The number of phenolic OH excluding ortho intramolecular Hbond substituents is 1. The highest BCUT2D eigenvalue weighted by Gasteiger charge is 2.30. The quantitative estimate of drug-likeness (QED) is 0.542. The van der Waals surface area contributed by atoms with E-state index >= 15 is 0 Å². The number of rotatable bonds is 4. The summed E-state index contributed by atoms with van der Waals surface area (Å²) < 4.78 is 4.55. The largest absolute Gasteiger partial charge is 0.508 e. The monoisotopic (exact) mass is 240 g/mol. The number of hydrogen-bond acceptors (Lipinski definition) is 5. The van der Waals surface area contributed by atoms with Gasteiger partial charge in [0.25, 0.3) is 0 Å². The van der Waals surface area contributed by atoms with Gasteiger partial charge >= 0.3 is 5.97 Å². The van der Waals surface area contributed by atoms with Crippen LogP contribution < -0.4 is 0 Å². The number of aliphatic hydroxyl groups is 2. The van der Waals surface area contributed by atoms with Gasteiger partial charge < -0.3 is 20.1 Å². The Balaban J connectivity index is 3.29. The van der Waals surface area contributed by atoms with Crippen molar-refractivity contribution in [1.82, 2.24) is 0 Å². The zero-order valence-electron chi connectivity index (χ0n) is 9.80. The molecule has 0 aliphatic rings. The van der Waals surface area contributed by atoms with Crippen LogP contribution in [0.15, 0.2) is 18.2 Å². The predicted molar refractivity (Wildman–Crippen MR) is 60.5 cm³/mol. The van der Waals surface area contributed by atoms with E-state index in [2.05, 4.69) is 4.74 Å². The average molecular weight is 240 g/mol. The zero-order valence-corrected chi connectivity index (χ0v) is 9.80. The Bertz CT molecular complexity index is 411. The number of hydrogen-bond donors (Lipinski definition) is 3. The van der Waals surface area contributed by atoms with Crippen LogP contribution >= 0.6 is 0 Å². The minimum Gasteiger partial charge on any atom is -0.508 e. The van der Waals surface area contributed by atoms with Gasteiger partial charge in [0.05, 0.1) is 12.7 Å². The summed E-state index contributed by atoms with van der Waals surface area (Å²) in [6.07, 6.45) is 0.573. The van der Waals surface area contributed by atoms with Gasteiger partial charge in [0.15, 0.2) is 5.79 Å². The van der Waals surface area contributed by atoms with Crippen molar-refractivity contribution >= 4 is 5.97 Å². The van der Waals surface area contributed by atoms with Crippen molar-refractivity contribution in [2.75, 3.05) is 7.11 Å². The molecule has 0 aromatic heterocycles. The van der Waals surface area contributed by atoms with Crippen LogP contribution in [0.5, 0.6) is 5.75 Å². The average Bonchev–Trinajstić information content (AvgIpc) is 2.28. The van der Waals surface area contributed by atoms with E-state index in [0.29, 0.717) is 6.42 Å². The van der Waals surface area contributed by atoms with E-state index in [-0.39, 0.29) is 23.3 Å². The fraction of sp³-hybridized carbons (Fsp3) is 0.417. The molecular formula is C12H16O5. The zero-order chi connectivity index (χ0) is 13.1. The van der Waals surface area contributed by atoms with Gasteiger partial charge in [0.2, 0.25) is 0 Å². The molecule has 0 fully saturated rings. The van der Waals surface area contributed by atoms with Crippen LogP contribution in [0.3, 0.4) is 0 Å². The molecule has 17 heavy (non-hydrogen) atoms. The molecule has 5 nitrogen and oxygen atoms in total. The van der Waals surface area contributed by atoms with Gasteiger partial charge in [-0.2, -0.15) is 0 Å². The van der Waals surface area contributed by atoms with Gasteiger partial charge in [-0.05, 0) is 18.2 Å². The third-order valence-corrected chi connectivity index (χ3v) is 2.44. The fourth-order valence-corrected chi connectivity index (χ4v) is 1.63. The predicted octanol–water partition coefficient (Wildman–Crippen LogP) is 1.12. The van der Waals surface area contributed by atoms with Gasteiger partial charge in [-0.3, -0.25) is 0 Å². The first kappa shape index (κ1) is 13.5. The second kappa shape index (κ2) is 5.16. The van der Waals surface area contributed by atoms with E-state index in [9.17, 15) is 20.1 Å². The topological polar surface area (TPSA) is 87.0 Å². The van der Waals surface area contributed by atoms with Gasteiger partial charge in [-0.15, -0.1) is 0 Å². The summed E-state index contributed by atoms with van der Waals surface area (Å²) in [5.41, 5.74) is -0.0186. The third-order valence-electron chi connectivity index (χ3n) is 2.44. The molecule has 0 atom stereocenters. The molecule has 0 saturated heterocycles. The number of ether oxygens (including phenoxy) is 1. The van der Waals surface area contributed by atoms with Crippen molar-refractivity contribution in [1.29, 1.82) is 0 Å². The molecule has 0 radical (unpaired) electrons. The van der Waals surface area contributed by atoms with Crippen LogP contribution in [-0.4, -0.2) is 28.4 Å². The lowest BCUT2D eigenvalue weighted by atomic mass is 9.95. The van der Waals surface area contributed by atoms with Crippen LogP contribution in [0.1, 0.15) is 35.7 Å². The number of esters is 1. The van der Waals surface area contributed by atoms with Crippen LogP contribution in [0.4, 0.5) is 0 Å². The molecule has 1 rings (SSSR count). The molecule has 0 saturated carbocycles. The molecular weight excluding hydrogens is 224 g/mol. The Hall–Kier alpha value is -1.59. The highest BCUT2D eigenvalue weighted by molar-refractivity contribution is 5.91. The second-order valence-corrected chi connectivity index (χ2v) is 3.79. The Morgan fingerprint density at radius 3 is 2.59 bits per heavy atom. The molecule has 1 aromatic carbocycles. The van der Waals surface area contributed by atoms with Crippen molar-refractivity contribution < 1.29 is 24.9 Å². The first-order chi connectivity index (χ1) is 7.92. The lowest BCUT2D eigenvalue weighted by molar-refractivity contribution is -0.175. The first-order valence-electron chi connectivity index (χ1n) is 5.29. The number of carbonyl (C=O) groups excluding carboxylic acids is 1. The van der Waals surface area contributed by atoms with Crippen molar-refractivity contribution in [3.05, 3.63) is 29.3 Å². The number of carbonyl (C=O) groups is 1. The summed E-state index contributed by atoms with van der Waals surface area (Å²) in [7, 11) is 1.20. The molecule has 0 aliphatic heterocycles. The van der Waals surface area contributed by atoms with Crippen LogP contribution in [0.25, 0.3) is 0 Å². The van der Waals surface area contributed by atoms with E-state index < -0.39 is 11.8 Å². The van der Waals surface area contributed by atoms with Crippen molar-refractivity contribution in [2.45, 2.75) is 25.6 Å². The van der Waals surface area contributed by atoms with Gasteiger partial charge in [0, 0.05) is 12.0 Å². The number of phenols is 1. The van der Waals surface area contributed by atoms with E-state index in [4.69, 9.17) is 0 Å². The summed E-state index contributed by atoms with van der Waals surface area (Å²) in [6.45, 7) is 1.78. The molecule has 1 aromatic rings. The Morgan fingerprint density at radius 2 is 2.06 bits per heavy atom. The first-order valence-corrected chi connectivity index (χ1v) is 5.29. The van der Waals surface area contributed by atoms with Crippen molar-refractivity contribution in [3.8, 4) is 5.75 Å². The standard InChI is InChI=1S/C12H16O5/c1-3-6-12(15,16)10-7-8(13)4-5-9(10)11(14)17-2/h4-5,7,13,15-16H,3,6H2,1-2H3. The molecule has 0 amide bonds. The minimum atomic E-state index is -2.16. The van der Waals surface area contributed by atoms with E-state index in [1.165, 1.54) is 19.2 Å². The normalized spacial score (nSPS) is 11.3. The van der Waals surface area contributed by atoms with Crippen molar-refractivity contribution in [3.63, 3.8) is 0 Å². The molecule has 5 heteroatoms. The third kappa shape index (κ3) is 2.95. The molecule has 94 valence electrons. The highest BCUT2D eigenvalue weighted by Crippen LogP contribution is 2.30. The second-order valence-electron chi connectivity index (χ2n) is 3.79. The highest BCUT2D eigenvalue weighted by atomic mass is 16.5. The number of aromatic hydroxyl groups is 1. The molecule has 0 aliphatic carbocycles. The molecule has 0 heterocycles. The Kier molecular flexibility index (Phi) is 4.09. The SMILES string of the molecule is CCCC(O)(O)c1cc(O)ccc1C(=O)OC. The minimum absolute atomic E-state index is 0.0313. The summed E-state index contributed by atoms with van der Waals surface area (Å²) in [4.78, 5) is 11.5. The summed E-state index contributed by atoms with van der Waals surface area (Å²) >= 11 is 0. The summed E-state index contributed by atoms with van der Waals surface area (Å²) in [5, 5.41) is 29.1. The lowest BCUT2D eigenvalue weighted by Gasteiger charge is -2.23. The number of methoxy groups -OCH3 is 1. The van der Waals surface area contributed by atoms with Gasteiger partial charge in [0.1, 0.15) is 5.75 Å². The maximum atomic E-state index is 11.5. The van der Waals surface area contributed by atoms with Gasteiger partial charge in [-0.25, -0.2) is 4.79 Å². The summed E-state index contributed by atoms with van der Waals surface area (Å²) in [6, 6.07) is 3.74. The molecule has 3 N–H and O–H groups in total. The maximum Gasteiger partial charge on any atom is 0.338 e. The van der Waals surface area contributed by atoms with Gasteiger partial charge in [-0.1, -0.05) is 13.3 Å². The van der Waals surface area contributed by atoms with Crippen LogP contribution in [0.2, 0.25) is 0 Å². The lowest BCUT2D eigenvalue weighted by Crippen LogP contribution is -2.27. The number of benzene rings is 1. The Morgan fingerprint density at radius 1 is 1.41 bits per heavy atom. The van der Waals surface area contributed by atoms with E-state index in [0.717, 1.165) is 6.07 Å². The smallest absolute Gasteiger partial charge is 0.338 e.